The van der Waals surface area contributed by atoms with Gasteiger partial charge < -0.3 is 21.3 Å². The van der Waals surface area contributed by atoms with Crippen molar-refractivity contribution in [1.29, 1.82) is 0 Å². The summed E-state index contributed by atoms with van der Waals surface area (Å²) in [5.74, 6) is 0.964. The maximum absolute atomic E-state index is 13.0. The van der Waals surface area contributed by atoms with Gasteiger partial charge in [0.05, 0.1) is 12.2 Å². The quantitative estimate of drug-likeness (QED) is 0.840. The molecule has 2 aromatic rings. The summed E-state index contributed by atoms with van der Waals surface area (Å²) in [6.07, 6.45) is 1.81. The van der Waals surface area contributed by atoms with Crippen molar-refractivity contribution in [1.82, 2.24) is 14.9 Å². The molecule has 27 heavy (non-hydrogen) atoms. The highest BCUT2D eigenvalue weighted by Gasteiger charge is 2.30. The summed E-state index contributed by atoms with van der Waals surface area (Å²) in [7, 11) is 0. The lowest BCUT2D eigenvalue weighted by Crippen LogP contribution is -2.50. The van der Waals surface area contributed by atoms with Crippen LogP contribution in [0.5, 0.6) is 0 Å². The summed E-state index contributed by atoms with van der Waals surface area (Å²) in [5, 5.41) is 0. The van der Waals surface area contributed by atoms with Gasteiger partial charge in [0.2, 0.25) is 11.9 Å². The molecule has 0 unspecified atom stereocenters. The summed E-state index contributed by atoms with van der Waals surface area (Å²) < 4.78 is 13.0. The maximum Gasteiger partial charge on any atom is 0.242 e. The Bertz CT molecular complexity index is 837. The summed E-state index contributed by atoms with van der Waals surface area (Å²) in [5.41, 5.74) is 13.6. The zero-order valence-electron chi connectivity index (χ0n) is 15.0. The topological polar surface area (TPSA) is 101 Å². The second kappa shape index (κ2) is 7.11. The first kappa shape index (κ1) is 17.7. The molecule has 1 aliphatic carbocycles. The molecule has 2 heterocycles. The molecule has 1 amide bonds. The Balaban J connectivity index is 1.43. The van der Waals surface area contributed by atoms with Gasteiger partial charge in [0, 0.05) is 37.7 Å². The predicted octanol–water partition coefficient (Wildman–Crippen LogP) is 1.25. The number of aromatic nitrogens is 2. The molecule has 1 saturated carbocycles. The molecule has 7 nitrogen and oxygen atoms in total. The van der Waals surface area contributed by atoms with Gasteiger partial charge in [0.1, 0.15) is 11.6 Å². The van der Waals surface area contributed by atoms with E-state index < -0.39 is 0 Å². The molecule has 1 aromatic heterocycles. The van der Waals surface area contributed by atoms with Crippen LogP contribution in [0.1, 0.15) is 30.0 Å². The number of nitrogens with two attached hydrogens (primary N) is 2. The highest BCUT2D eigenvalue weighted by Crippen LogP contribution is 2.36. The number of benzene rings is 1. The molecule has 1 saturated heterocycles. The van der Waals surface area contributed by atoms with Crippen molar-refractivity contribution in [2.45, 2.75) is 31.3 Å². The molecule has 4 N–H and O–H groups in total. The molecule has 2 aliphatic rings. The number of carbonyl (C=O) groups excluding carboxylic acids is 1. The van der Waals surface area contributed by atoms with Gasteiger partial charge in [0.25, 0.3) is 0 Å². The van der Waals surface area contributed by atoms with Crippen molar-refractivity contribution < 1.29 is 9.18 Å². The lowest BCUT2D eigenvalue weighted by Gasteiger charge is -2.36. The Hall–Kier alpha value is -2.74. The fourth-order valence-electron chi connectivity index (χ4n) is 3.63. The number of hydrogen-bond acceptors (Lipinski definition) is 6. The van der Waals surface area contributed by atoms with Gasteiger partial charge in [0.15, 0.2) is 0 Å². The molecule has 0 atom stereocenters. The maximum atomic E-state index is 13.0. The highest BCUT2D eigenvalue weighted by molar-refractivity contribution is 5.82. The average Bonchev–Trinajstić information content (AvgIpc) is 2.62. The lowest BCUT2D eigenvalue weighted by atomic mass is 9.78. The third-order valence-corrected chi connectivity index (χ3v) is 5.27. The number of piperazine rings is 1. The van der Waals surface area contributed by atoms with E-state index in [1.165, 1.54) is 12.1 Å². The number of anilines is 2. The molecule has 2 fully saturated rings. The summed E-state index contributed by atoms with van der Waals surface area (Å²) >= 11 is 0. The SMILES string of the molecule is Nc1nc(C2CC(N)C2)cc(N2CCN(Cc3ccc(F)cc3)C(=O)C2)n1. The van der Waals surface area contributed by atoms with Crippen LogP contribution < -0.4 is 16.4 Å². The van der Waals surface area contributed by atoms with Gasteiger partial charge in [-0.2, -0.15) is 4.98 Å². The minimum atomic E-state index is -0.278. The molecule has 1 aliphatic heterocycles. The minimum Gasteiger partial charge on any atom is -0.368 e. The Morgan fingerprint density at radius 2 is 1.89 bits per heavy atom. The number of hydrogen-bond donors (Lipinski definition) is 2. The third-order valence-electron chi connectivity index (χ3n) is 5.27. The van der Waals surface area contributed by atoms with Gasteiger partial charge in [-0.3, -0.25) is 4.79 Å². The van der Waals surface area contributed by atoms with E-state index in [-0.39, 0.29) is 30.3 Å². The standard InChI is InChI=1S/C19H23FN6O/c20-14-3-1-12(2-4-14)10-26-6-5-25(11-18(26)27)17-9-16(23-19(22)24-17)13-7-15(21)8-13/h1-4,9,13,15H,5-8,10-11,21H2,(H2,22,23,24). The van der Waals surface area contributed by atoms with Gasteiger partial charge in [-0.15, -0.1) is 0 Å². The number of rotatable bonds is 4. The number of amides is 1. The molecule has 0 spiro atoms. The molecule has 0 bridgehead atoms. The van der Waals surface area contributed by atoms with Crippen LogP contribution in [0.25, 0.3) is 0 Å². The minimum absolute atomic E-state index is 0.00924. The van der Waals surface area contributed by atoms with E-state index in [4.69, 9.17) is 11.5 Å². The first-order valence-corrected chi connectivity index (χ1v) is 9.15. The smallest absolute Gasteiger partial charge is 0.242 e. The second-order valence-electron chi connectivity index (χ2n) is 7.30. The average molecular weight is 370 g/mol. The Morgan fingerprint density at radius 3 is 2.56 bits per heavy atom. The molecular weight excluding hydrogens is 347 g/mol. The number of nitrogen functional groups attached to an aromatic ring is 1. The van der Waals surface area contributed by atoms with Gasteiger partial charge >= 0.3 is 0 Å². The molecular formula is C19H23FN6O. The van der Waals surface area contributed by atoms with Crippen LogP contribution >= 0.6 is 0 Å². The first-order chi connectivity index (χ1) is 13.0. The summed E-state index contributed by atoms with van der Waals surface area (Å²) in [6, 6.07) is 8.38. The van der Waals surface area contributed by atoms with E-state index in [1.807, 2.05) is 11.0 Å². The van der Waals surface area contributed by atoms with Crippen LogP contribution in [0.2, 0.25) is 0 Å². The van der Waals surface area contributed by atoms with Gasteiger partial charge in [-0.25, -0.2) is 9.37 Å². The van der Waals surface area contributed by atoms with Gasteiger partial charge in [-0.05, 0) is 30.5 Å². The van der Waals surface area contributed by atoms with E-state index in [9.17, 15) is 9.18 Å². The fourth-order valence-corrected chi connectivity index (χ4v) is 3.63. The van der Waals surface area contributed by atoms with Crippen molar-refractivity contribution >= 4 is 17.7 Å². The van der Waals surface area contributed by atoms with Crippen LogP contribution in [0, 0.1) is 5.82 Å². The van der Waals surface area contributed by atoms with Crippen molar-refractivity contribution in [2.75, 3.05) is 30.3 Å². The Morgan fingerprint density at radius 1 is 1.15 bits per heavy atom. The molecule has 4 rings (SSSR count). The molecule has 1 aromatic carbocycles. The zero-order chi connectivity index (χ0) is 19.0. The number of nitrogens with zero attached hydrogens (tertiary/aromatic N) is 4. The van der Waals surface area contributed by atoms with Crippen molar-refractivity contribution in [2.24, 2.45) is 5.73 Å². The predicted molar refractivity (Wildman–Crippen MR) is 100 cm³/mol. The number of carbonyl (C=O) groups is 1. The van der Waals surface area contributed by atoms with Crippen LogP contribution in [0.3, 0.4) is 0 Å². The van der Waals surface area contributed by atoms with Gasteiger partial charge in [-0.1, -0.05) is 12.1 Å². The fraction of sp³-hybridized carbons (Fsp3) is 0.421. The van der Waals surface area contributed by atoms with E-state index in [0.29, 0.717) is 31.4 Å². The first-order valence-electron chi connectivity index (χ1n) is 9.15. The number of halogens is 1. The molecule has 142 valence electrons. The van der Waals surface area contributed by atoms with Crippen molar-refractivity contribution in [3.63, 3.8) is 0 Å². The second-order valence-corrected chi connectivity index (χ2v) is 7.30. The van der Waals surface area contributed by atoms with E-state index in [0.717, 1.165) is 24.1 Å². The van der Waals surface area contributed by atoms with Crippen LogP contribution in [0.4, 0.5) is 16.2 Å². The normalized spacial score (nSPS) is 22.7. The zero-order valence-corrected chi connectivity index (χ0v) is 15.0. The largest absolute Gasteiger partial charge is 0.368 e. The van der Waals surface area contributed by atoms with Crippen molar-refractivity contribution in [3.05, 3.63) is 47.4 Å². The van der Waals surface area contributed by atoms with E-state index >= 15 is 0 Å². The van der Waals surface area contributed by atoms with Crippen molar-refractivity contribution in [3.8, 4) is 0 Å². The van der Waals surface area contributed by atoms with Crippen LogP contribution in [0.15, 0.2) is 30.3 Å². The Labute approximate surface area is 157 Å². The Kier molecular flexibility index (Phi) is 4.65. The third kappa shape index (κ3) is 3.85. The highest BCUT2D eigenvalue weighted by atomic mass is 19.1. The molecule has 0 radical (unpaired) electrons. The summed E-state index contributed by atoms with van der Waals surface area (Å²) in [4.78, 5) is 25.0. The van der Waals surface area contributed by atoms with Crippen LogP contribution in [-0.2, 0) is 11.3 Å². The molecule has 8 heteroatoms. The van der Waals surface area contributed by atoms with Crippen LogP contribution in [-0.4, -0.2) is 46.5 Å². The lowest BCUT2D eigenvalue weighted by molar-refractivity contribution is -0.131. The van der Waals surface area contributed by atoms with E-state index in [1.54, 1.807) is 17.0 Å². The monoisotopic (exact) mass is 370 g/mol. The van der Waals surface area contributed by atoms with E-state index in [2.05, 4.69) is 9.97 Å². The summed E-state index contributed by atoms with van der Waals surface area (Å²) in [6.45, 7) is 1.95.